The standard InChI is InChI=1S/C19H23ClN4O/c20-15-4-3-5-16(14-15)24-12-10-23(11-13-24)9-8-22-19(25)17-6-1-2-7-18(17)21/h1-7,14H,8-13,21H2,(H,22,25). The highest BCUT2D eigenvalue weighted by Crippen LogP contribution is 2.20. The van der Waals surface area contributed by atoms with E-state index in [2.05, 4.69) is 21.2 Å². The molecule has 0 radical (unpaired) electrons. The molecule has 0 unspecified atom stereocenters. The molecule has 1 aliphatic rings. The number of nitrogens with one attached hydrogen (secondary N) is 1. The average molecular weight is 359 g/mol. The van der Waals surface area contributed by atoms with Gasteiger partial charge in [0.05, 0.1) is 5.56 Å². The van der Waals surface area contributed by atoms with E-state index in [4.69, 9.17) is 17.3 Å². The number of hydrogen-bond donors (Lipinski definition) is 2. The Morgan fingerprint density at radius 1 is 1.08 bits per heavy atom. The van der Waals surface area contributed by atoms with E-state index in [0.717, 1.165) is 37.7 Å². The summed E-state index contributed by atoms with van der Waals surface area (Å²) in [5, 5.41) is 3.71. The van der Waals surface area contributed by atoms with Crippen LogP contribution in [0.25, 0.3) is 0 Å². The summed E-state index contributed by atoms with van der Waals surface area (Å²) in [5.74, 6) is -0.115. The number of amides is 1. The highest BCUT2D eigenvalue weighted by Gasteiger charge is 2.17. The number of nitrogens with zero attached hydrogens (tertiary/aromatic N) is 2. The van der Waals surface area contributed by atoms with E-state index in [9.17, 15) is 4.79 Å². The van der Waals surface area contributed by atoms with Crippen LogP contribution >= 0.6 is 11.6 Å². The van der Waals surface area contributed by atoms with Crippen molar-refractivity contribution in [1.29, 1.82) is 0 Å². The highest BCUT2D eigenvalue weighted by atomic mass is 35.5. The van der Waals surface area contributed by atoms with Gasteiger partial charge in [-0.3, -0.25) is 9.69 Å². The summed E-state index contributed by atoms with van der Waals surface area (Å²) < 4.78 is 0. The van der Waals surface area contributed by atoms with Crippen molar-refractivity contribution in [2.24, 2.45) is 0 Å². The van der Waals surface area contributed by atoms with E-state index in [-0.39, 0.29) is 5.91 Å². The third-order valence-electron chi connectivity index (χ3n) is 4.46. The molecule has 2 aromatic rings. The lowest BCUT2D eigenvalue weighted by Crippen LogP contribution is -2.48. The topological polar surface area (TPSA) is 61.6 Å². The number of piperazine rings is 1. The van der Waals surface area contributed by atoms with Gasteiger partial charge in [-0.1, -0.05) is 29.8 Å². The van der Waals surface area contributed by atoms with E-state index in [1.165, 1.54) is 5.69 Å². The van der Waals surface area contributed by atoms with E-state index in [1.54, 1.807) is 12.1 Å². The van der Waals surface area contributed by atoms with Gasteiger partial charge in [-0.05, 0) is 30.3 Å². The van der Waals surface area contributed by atoms with Gasteiger partial charge in [0, 0.05) is 55.7 Å². The van der Waals surface area contributed by atoms with Crippen molar-refractivity contribution in [3.05, 3.63) is 59.1 Å². The van der Waals surface area contributed by atoms with Gasteiger partial charge in [0.15, 0.2) is 0 Å². The molecular weight excluding hydrogens is 336 g/mol. The average Bonchev–Trinajstić information content (AvgIpc) is 2.62. The van der Waals surface area contributed by atoms with Crippen LogP contribution in [0.3, 0.4) is 0 Å². The van der Waals surface area contributed by atoms with Crippen molar-refractivity contribution < 1.29 is 4.79 Å². The number of benzene rings is 2. The zero-order valence-corrected chi connectivity index (χ0v) is 14.9. The summed E-state index contributed by atoms with van der Waals surface area (Å²) in [6.45, 7) is 5.30. The third kappa shape index (κ3) is 4.65. The Balaban J connectivity index is 1.42. The fourth-order valence-corrected chi connectivity index (χ4v) is 3.21. The number of hydrogen-bond acceptors (Lipinski definition) is 4. The van der Waals surface area contributed by atoms with Crippen LogP contribution in [0.5, 0.6) is 0 Å². The van der Waals surface area contributed by atoms with Gasteiger partial charge in [0.2, 0.25) is 0 Å². The molecule has 1 aliphatic heterocycles. The van der Waals surface area contributed by atoms with E-state index in [0.29, 0.717) is 17.8 Å². The van der Waals surface area contributed by atoms with Gasteiger partial charge in [-0.25, -0.2) is 0 Å². The first-order chi connectivity index (χ1) is 12.1. The van der Waals surface area contributed by atoms with Gasteiger partial charge in [-0.15, -0.1) is 0 Å². The third-order valence-corrected chi connectivity index (χ3v) is 4.70. The summed E-state index contributed by atoms with van der Waals surface area (Å²) in [6.07, 6.45) is 0. The molecule has 3 N–H and O–H groups in total. The quantitative estimate of drug-likeness (QED) is 0.806. The second-order valence-electron chi connectivity index (χ2n) is 6.15. The van der Waals surface area contributed by atoms with Crippen LogP contribution in [0.1, 0.15) is 10.4 Å². The smallest absolute Gasteiger partial charge is 0.253 e. The molecular formula is C19H23ClN4O. The molecule has 0 spiro atoms. The maximum atomic E-state index is 12.1. The van der Waals surface area contributed by atoms with Crippen LogP contribution < -0.4 is 16.0 Å². The van der Waals surface area contributed by atoms with E-state index >= 15 is 0 Å². The molecule has 0 aliphatic carbocycles. The number of halogens is 1. The van der Waals surface area contributed by atoms with Crippen molar-refractivity contribution in [3.8, 4) is 0 Å². The van der Waals surface area contributed by atoms with E-state index < -0.39 is 0 Å². The summed E-state index contributed by atoms with van der Waals surface area (Å²) in [6, 6.07) is 15.1. The minimum atomic E-state index is -0.115. The SMILES string of the molecule is Nc1ccccc1C(=O)NCCN1CCN(c2cccc(Cl)c2)CC1. The second-order valence-corrected chi connectivity index (χ2v) is 6.59. The van der Waals surface area contributed by atoms with Gasteiger partial charge in [-0.2, -0.15) is 0 Å². The van der Waals surface area contributed by atoms with Crippen molar-refractivity contribution in [1.82, 2.24) is 10.2 Å². The highest BCUT2D eigenvalue weighted by molar-refractivity contribution is 6.30. The molecule has 0 bridgehead atoms. The number of anilines is 2. The Bertz CT molecular complexity index is 729. The number of nitrogen functional groups attached to an aromatic ring is 1. The predicted octanol–water partition coefficient (Wildman–Crippen LogP) is 2.47. The van der Waals surface area contributed by atoms with Crippen LogP contribution in [-0.2, 0) is 0 Å². The zero-order chi connectivity index (χ0) is 17.6. The predicted molar refractivity (Wildman–Crippen MR) is 103 cm³/mol. The first-order valence-electron chi connectivity index (χ1n) is 8.49. The molecule has 132 valence electrons. The normalized spacial score (nSPS) is 15.2. The minimum absolute atomic E-state index is 0.115. The zero-order valence-electron chi connectivity index (χ0n) is 14.1. The molecule has 1 fully saturated rings. The molecule has 25 heavy (non-hydrogen) atoms. The fraction of sp³-hybridized carbons (Fsp3) is 0.316. The van der Waals surface area contributed by atoms with Crippen molar-refractivity contribution in [3.63, 3.8) is 0 Å². The summed E-state index contributed by atoms with van der Waals surface area (Å²) in [4.78, 5) is 16.8. The van der Waals surface area contributed by atoms with Crippen LogP contribution in [0.2, 0.25) is 5.02 Å². The van der Waals surface area contributed by atoms with Crippen molar-refractivity contribution >= 4 is 28.9 Å². The van der Waals surface area contributed by atoms with Gasteiger partial charge in [0.25, 0.3) is 5.91 Å². The molecule has 5 nitrogen and oxygen atoms in total. The lowest BCUT2D eigenvalue weighted by Gasteiger charge is -2.36. The van der Waals surface area contributed by atoms with Gasteiger partial charge < -0.3 is 16.0 Å². The lowest BCUT2D eigenvalue weighted by atomic mass is 10.1. The second kappa shape index (κ2) is 8.23. The van der Waals surface area contributed by atoms with Crippen molar-refractivity contribution in [2.75, 3.05) is 49.9 Å². The summed E-state index contributed by atoms with van der Waals surface area (Å²) in [7, 11) is 0. The van der Waals surface area contributed by atoms with Crippen molar-refractivity contribution in [2.45, 2.75) is 0 Å². The largest absolute Gasteiger partial charge is 0.398 e. The lowest BCUT2D eigenvalue weighted by molar-refractivity contribution is 0.0948. The number of para-hydroxylation sites is 1. The Morgan fingerprint density at radius 3 is 2.56 bits per heavy atom. The van der Waals surface area contributed by atoms with Crippen LogP contribution in [-0.4, -0.2) is 50.1 Å². The molecule has 6 heteroatoms. The number of rotatable bonds is 5. The fourth-order valence-electron chi connectivity index (χ4n) is 3.03. The number of nitrogens with two attached hydrogens (primary N) is 1. The Morgan fingerprint density at radius 2 is 1.84 bits per heavy atom. The van der Waals surface area contributed by atoms with Gasteiger partial charge in [0.1, 0.15) is 0 Å². The molecule has 0 aromatic heterocycles. The first kappa shape index (κ1) is 17.6. The molecule has 3 rings (SSSR count). The molecule has 0 saturated carbocycles. The Labute approximate surface area is 153 Å². The first-order valence-corrected chi connectivity index (χ1v) is 8.87. The summed E-state index contributed by atoms with van der Waals surface area (Å²) >= 11 is 6.07. The van der Waals surface area contributed by atoms with E-state index in [1.807, 2.05) is 30.3 Å². The molecule has 1 saturated heterocycles. The summed E-state index contributed by atoms with van der Waals surface area (Å²) in [5.41, 5.74) is 8.04. The van der Waals surface area contributed by atoms with Crippen LogP contribution in [0.4, 0.5) is 11.4 Å². The molecule has 1 amide bonds. The van der Waals surface area contributed by atoms with Crippen LogP contribution in [0.15, 0.2) is 48.5 Å². The monoisotopic (exact) mass is 358 g/mol. The minimum Gasteiger partial charge on any atom is -0.398 e. The Hall–Kier alpha value is -2.24. The molecule has 0 atom stereocenters. The van der Waals surface area contributed by atoms with Crippen LogP contribution in [0, 0.1) is 0 Å². The number of carbonyl (C=O) groups is 1. The molecule has 2 aromatic carbocycles. The maximum absolute atomic E-state index is 12.1. The van der Waals surface area contributed by atoms with Gasteiger partial charge >= 0.3 is 0 Å². The Kier molecular flexibility index (Phi) is 5.79. The number of carbonyl (C=O) groups excluding carboxylic acids is 1. The maximum Gasteiger partial charge on any atom is 0.253 e. The molecule has 1 heterocycles.